The van der Waals surface area contributed by atoms with Crippen molar-refractivity contribution in [1.29, 1.82) is 0 Å². The van der Waals surface area contributed by atoms with Gasteiger partial charge in [-0.2, -0.15) is 0 Å². The molecule has 8 nitrogen and oxygen atoms in total. The van der Waals surface area contributed by atoms with E-state index in [2.05, 4.69) is 25.6 Å². The maximum Gasteiger partial charge on any atom is 0.326 e. The SMILES string of the molecule is O=C(NCc1cccnc1)NC(Cc1cnc[nH]1)C(=O)O. The van der Waals surface area contributed by atoms with Crippen molar-refractivity contribution < 1.29 is 14.7 Å². The molecule has 1 atom stereocenters. The van der Waals surface area contributed by atoms with Gasteiger partial charge < -0.3 is 20.7 Å². The molecule has 2 heterocycles. The second-order valence-electron chi connectivity index (χ2n) is 4.36. The van der Waals surface area contributed by atoms with Gasteiger partial charge in [0.1, 0.15) is 6.04 Å². The topological polar surface area (TPSA) is 120 Å². The van der Waals surface area contributed by atoms with Gasteiger partial charge >= 0.3 is 12.0 Å². The third kappa shape index (κ3) is 4.60. The second kappa shape index (κ2) is 7.04. The van der Waals surface area contributed by atoms with E-state index in [1.165, 1.54) is 12.5 Å². The minimum absolute atomic E-state index is 0.135. The number of carboxylic acids is 1. The summed E-state index contributed by atoms with van der Waals surface area (Å²) >= 11 is 0. The first-order valence-electron chi connectivity index (χ1n) is 6.28. The van der Waals surface area contributed by atoms with Crippen molar-refractivity contribution in [2.75, 3.05) is 0 Å². The predicted molar refractivity (Wildman–Crippen MR) is 73.3 cm³/mol. The van der Waals surface area contributed by atoms with Gasteiger partial charge in [0.25, 0.3) is 0 Å². The normalized spacial score (nSPS) is 11.6. The Labute approximate surface area is 120 Å². The van der Waals surface area contributed by atoms with Crippen molar-refractivity contribution in [3.63, 3.8) is 0 Å². The molecular weight excluding hydrogens is 274 g/mol. The predicted octanol–water partition coefficient (Wildman–Crippen LogP) is 0.300. The van der Waals surface area contributed by atoms with Crippen LogP contribution in [-0.2, 0) is 17.8 Å². The summed E-state index contributed by atoms with van der Waals surface area (Å²) in [5.74, 6) is -1.11. The zero-order valence-electron chi connectivity index (χ0n) is 11.1. The summed E-state index contributed by atoms with van der Waals surface area (Å²) < 4.78 is 0. The molecule has 0 fully saturated rings. The fourth-order valence-corrected chi connectivity index (χ4v) is 1.71. The van der Waals surface area contributed by atoms with Crippen LogP contribution in [0.3, 0.4) is 0 Å². The van der Waals surface area contributed by atoms with E-state index >= 15 is 0 Å². The highest BCUT2D eigenvalue weighted by Gasteiger charge is 2.20. The van der Waals surface area contributed by atoms with Crippen molar-refractivity contribution >= 4 is 12.0 Å². The molecule has 0 saturated carbocycles. The summed E-state index contributed by atoms with van der Waals surface area (Å²) in [6.45, 7) is 0.274. The number of nitrogens with zero attached hydrogens (tertiary/aromatic N) is 2. The Balaban J connectivity index is 1.85. The van der Waals surface area contributed by atoms with Gasteiger partial charge in [-0.25, -0.2) is 14.6 Å². The Morgan fingerprint density at radius 3 is 2.81 bits per heavy atom. The van der Waals surface area contributed by atoms with E-state index in [1.807, 2.05) is 6.07 Å². The Morgan fingerprint density at radius 2 is 2.19 bits per heavy atom. The zero-order valence-corrected chi connectivity index (χ0v) is 11.1. The van der Waals surface area contributed by atoms with E-state index in [1.54, 1.807) is 18.5 Å². The van der Waals surface area contributed by atoms with Gasteiger partial charge in [-0.05, 0) is 11.6 Å². The number of aromatic amines is 1. The number of aliphatic carboxylic acids is 1. The third-order valence-electron chi connectivity index (χ3n) is 2.76. The van der Waals surface area contributed by atoms with Crippen molar-refractivity contribution in [3.8, 4) is 0 Å². The molecule has 0 aliphatic heterocycles. The van der Waals surface area contributed by atoms with Crippen LogP contribution in [0, 0.1) is 0 Å². The molecule has 8 heteroatoms. The molecule has 2 aromatic heterocycles. The summed E-state index contributed by atoms with van der Waals surface area (Å²) in [6.07, 6.45) is 6.37. The average molecular weight is 289 g/mol. The number of carboxylic acid groups (broad SMARTS) is 1. The van der Waals surface area contributed by atoms with Crippen molar-refractivity contribution in [2.24, 2.45) is 0 Å². The number of amides is 2. The molecule has 0 bridgehead atoms. The number of imidazole rings is 1. The van der Waals surface area contributed by atoms with Crippen molar-refractivity contribution in [3.05, 3.63) is 48.3 Å². The third-order valence-corrected chi connectivity index (χ3v) is 2.76. The monoisotopic (exact) mass is 289 g/mol. The van der Waals surface area contributed by atoms with Crippen LogP contribution in [0.2, 0.25) is 0 Å². The lowest BCUT2D eigenvalue weighted by Crippen LogP contribution is -2.46. The van der Waals surface area contributed by atoms with E-state index in [4.69, 9.17) is 5.11 Å². The maximum absolute atomic E-state index is 11.7. The standard InChI is InChI=1S/C13H15N5O3/c19-12(20)11(4-10-7-15-8-17-10)18-13(21)16-6-9-2-1-3-14-5-9/h1-3,5,7-8,11H,4,6H2,(H,15,17)(H,19,20)(H2,16,18,21). The summed E-state index contributed by atoms with van der Waals surface area (Å²) in [5, 5.41) is 14.1. The lowest BCUT2D eigenvalue weighted by atomic mass is 10.2. The summed E-state index contributed by atoms with van der Waals surface area (Å²) in [5.41, 5.74) is 1.46. The van der Waals surface area contributed by atoms with E-state index in [-0.39, 0.29) is 13.0 Å². The highest BCUT2D eigenvalue weighted by molar-refractivity contribution is 5.82. The number of hydrogen-bond donors (Lipinski definition) is 4. The maximum atomic E-state index is 11.7. The molecule has 110 valence electrons. The Kier molecular flexibility index (Phi) is 4.86. The van der Waals surface area contributed by atoms with Crippen LogP contribution in [0.25, 0.3) is 0 Å². The Morgan fingerprint density at radius 1 is 1.33 bits per heavy atom. The lowest BCUT2D eigenvalue weighted by molar-refractivity contribution is -0.139. The van der Waals surface area contributed by atoms with Gasteiger partial charge in [0.2, 0.25) is 0 Å². The van der Waals surface area contributed by atoms with E-state index in [0.717, 1.165) is 5.56 Å². The van der Waals surface area contributed by atoms with Crippen LogP contribution in [0.1, 0.15) is 11.3 Å². The van der Waals surface area contributed by atoms with Gasteiger partial charge in [-0.15, -0.1) is 0 Å². The number of urea groups is 1. The number of nitrogens with one attached hydrogen (secondary N) is 3. The highest BCUT2D eigenvalue weighted by Crippen LogP contribution is 1.99. The molecule has 0 radical (unpaired) electrons. The van der Waals surface area contributed by atoms with Crippen LogP contribution in [0.4, 0.5) is 4.79 Å². The number of pyridine rings is 1. The molecule has 0 aromatic carbocycles. The molecule has 2 rings (SSSR count). The number of hydrogen-bond acceptors (Lipinski definition) is 4. The number of rotatable bonds is 6. The van der Waals surface area contributed by atoms with Crippen LogP contribution < -0.4 is 10.6 Å². The quantitative estimate of drug-likeness (QED) is 0.609. The molecule has 0 spiro atoms. The molecular formula is C13H15N5O3. The Bertz CT molecular complexity index is 585. The van der Waals surface area contributed by atoms with Gasteiger partial charge in [0.05, 0.1) is 6.33 Å². The first kappa shape index (κ1) is 14.5. The van der Waals surface area contributed by atoms with Gasteiger partial charge in [0.15, 0.2) is 0 Å². The largest absolute Gasteiger partial charge is 0.480 e. The summed E-state index contributed by atoms with van der Waals surface area (Å²) in [7, 11) is 0. The molecule has 4 N–H and O–H groups in total. The molecule has 0 aliphatic rings. The fraction of sp³-hybridized carbons (Fsp3) is 0.231. The molecule has 1 unspecified atom stereocenters. The van der Waals surface area contributed by atoms with Crippen LogP contribution in [-0.4, -0.2) is 38.1 Å². The second-order valence-corrected chi connectivity index (χ2v) is 4.36. The van der Waals surface area contributed by atoms with E-state index in [9.17, 15) is 9.59 Å². The molecule has 2 amide bonds. The lowest BCUT2D eigenvalue weighted by Gasteiger charge is -2.14. The van der Waals surface area contributed by atoms with Crippen LogP contribution in [0.15, 0.2) is 37.1 Å². The first-order valence-corrected chi connectivity index (χ1v) is 6.28. The molecule has 0 saturated heterocycles. The van der Waals surface area contributed by atoms with Crippen molar-refractivity contribution in [2.45, 2.75) is 19.0 Å². The number of aromatic nitrogens is 3. The number of H-pyrrole nitrogens is 1. The number of carbonyl (C=O) groups is 2. The average Bonchev–Trinajstić information content (AvgIpc) is 2.98. The minimum Gasteiger partial charge on any atom is -0.480 e. The molecule has 21 heavy (non-hydrogen) atoms. The Hall–Kier alpha value is -2.90. The highest BCUT2D eigenvalue weighted by atomic mass is 16.4. The van der Waals surface area contributed by atoms with E-state index < -0.39 is 18.0 Å². The van der Waals surface area contributed by atoms with Gasteiger partial charge in [-0.3, -0.25) is 4.98 Å². The fourth-order valence-electron chi connectivity index (χ4n) is 1.71. The van der Waals surface area contributed by atoms with Crippen LogP contribution in [0.5, 0.6) is 0 Å². The minimum atomic E-state index is -1.11. The molecule has 0 aliphatic carbocycles. The zero-order chi connectivity index (χ0) is 15.1. The first-order chi connectivity index (χ1) is 10.1. The van der Waals surface area contributed by atoms with Gasteiger partial charge in [-0.1, -0.05) is 6.07 Å². The smallest absolute Gasteiger partial charge is 0.326 e. The number of carbonyl (C=O) groups excluding carboxylic acids is 1. The van der Waals surface area contributed by atoms with Crippen LogP contribution >= 0.6 is 0 Å². The summed E-state index contributed by atoms with van der Waals surface area (Å²) in [4.78, 5) is 33.4. The molecule has 2 aromatic rings. The van der Waals surface area contributed by atoms with Crippen molar-refractivity contribution in [1.82, 2.24) is 25.6 Å². The summed E-state index contributed by atoms with van der Waals surface area (Å²) in [6, 6.07) is 1.99. The van der Waals surface area contributed by atoms with Gasteiger partial charge in [0, 0.05) is 37.3 Å². The van der Waals surface area contributed by atoms with E-state index in [0.29, 0.717) is 5.69 Å².